The first-order chi connectivity index (χ1) is 12.4. The van der Waals surface area contributed by atoms with E-state index in [1.54, 1.807) is 25.2 Å². The molecule has 1 aromatic carbocycles. The molecule has 27 heavy (non-hydrogen) atoms. The summed E-state index contributed by atoms with van der Waals surface area (Å²) < 4.78 is 42.0. The van der Waals surface area contributed by atoms with E-state index < -0.39 is 9.84 Å². The topological polar surface area (TPSA) is 83.0 Å². The number of ether oxygens (including phenoxy) is 1. The molecule has 2 rings (SSSR count). The molecule has 0 spiro atoms. The Hall–Kier alpha value is -1.14. The molecule has 0 bridgehead atoms. The fourth-order valence-electron chi connectivity index (χ4n) is 2.57. The van der Waals surface area contributed by atoms with Gasteiger partial charge >= 0.3 is 0 Å². The lowest BCUT2D eigenvalue weighted by atomic mass is 10.3. The van der Waals surface area contributed by atoms with Gasteiger partial charge in [-0.2, -0.15) is 0 Å². The van der Waals surface area contributed by atoms with Crippen molar-refractivity contribution < 1.29 is 17.5 Å². The minimum absolute atomic E-state index is 0. The minimum Gasteiger partial charge on any atom is -0.486 e. The number of para-hydroxylation sites is 1. The first-order valence-electron chi connectivity index (χ1n) is 8.68. The third-order valence-corrected chi connectivity index (χ3v) is 5.71. The summed E-state index contributed by atoms with van der Waals surface area (Å²) in [5.41, 5.74) is 0. The van der Waals surface area contributed by atoms with Crippen LogP contribution in [0.25, 0.3) is 0 Å². The van der Waals surface area contributed by atoms with Gasteiger partial charge in [-0.25, -0.2) is 12.8 Å². The highest BCUT2D eigenvalue weighted by Crippen LogP contribution is 2.16. The SMILES string of the molecule is CN=C(NCCN1CCS(=O)(=O)CC1)NCC(C)Oc1ccccc1F.I. The molecule has 7 nitrogen and oxygen atoms in total. The van der Waals surface area contributed by atoms with E-state index in [-0.39, 0.29) is 53.2 Å². The average molecular weight is 514 g/mol. The summed E-state index contributed by atoms with van der Waals surface area (Å²) in [4.78, 5) is 6.26. The van der Waals surface area contributed by atoms with Crippen molar-refractivity contribution in [3.63, 3.8) is 0 Å². The van der Waals surface area contributed by atoms with E-state index in [1.807, 2.05) is 6.92 Å². The van der Waals surface area contributed by atoms with Crippen LogP contribution in [0.4, 0.5) is 4.39 Å². The normalized spacial score (nSPS) is 18.3. The highest BCUT2D eigenvalue weighted by atomic mass is 127. The number of sulfone groups is 1. The molecule has 2 N–H and O–H groups in total. The van der Waals surface area contributed by atoms with Crippen LogP contribution in [0.5, 0.6) is 5.75 Å². The highest BCUT2D eigenvalue weighted by molar-refractivity contribution is 14.0. The smallest absolute Gasteiger partial charge is 0.191 e. The molecule has 0 amide bonds. The van der Waals surface area contributed by atoms with Crippen LogP contribution in [0.2, 0.25) is 0 Å². The third-order valence-electron chi connectivity index (χ3n) is 4.10. The maximum absolute atomic E-state index is 13.6. The van der Waals surface area contributed by atoms with Gasteiger partial charge in [0.15, 0.2) is 27.4 Å². The predicted octanol–water partition coefficient (Wildman–Crippen LogP) is 1.11. The summed E-state index contributed by atoms with van der Waals surface area (Å²) in [6.45, 7) is 4.86. The first-order valence-corrected chi connectivity index (χ1v) is 10.5. The Morgan fingerprint density at radius 3 is 2.59 bits per heavy atom. The zero-order chi connectivity index (χ0) is 19.0. The van der Waals surface area contributed by atoms with Crippen LogP contribution in [0.3, 0.4) is 0 Å². The number of benzene rings is 1. The number of aliphatic imine (C=N–C) groups is 1. The second-order valence-corrected chi connectivity index (χ2v) is 8.54. The summed E-state index contributed by atoms with van der Waals surface area (Å²) in [6.07, 6.45) is -0.238. The predicted molar refractivity (Wildman–Crippen MR) is 116 cm³/mol. The first kappa shape index (κ1) is 23.9. The van der Waals surface area contributed by atoms with Crippen LogP contribution < -0.4 is 15.4 Å². The van der Waals surface area contributed by atoms with Gasteiger partial charge in [-0.1, -0.05) is 12.1 Å². The van der Waals surface area contributed by atoms with Crippen molar-refractivity contribution in [1.29, 1.82) is 0 Å². The van der Waals surface area contributed by atoms with Gasteiger partial charge in [-0.15, -0.1) is 24.0 Å². The van der Waals surface area contributed by atoms with Gasteiger partial charge < -0.3 is 15.4 Å². The molecule has 1 fully saturated rings. The fraction of sp³-hybridized carbons (Fsp3) is 0.588. The number of nitrogens with zero attached hydrogens (tertiary/aromatic N) is 2. The molecule has 0 aromatic heterocycles. The molecule has 1 aromatic rings. The largest absolute Gasteiger partial charge is 0.486 e. The van der Waals surface area contributed by atoms with Crippen molar-refractivity contribution in [2.75, 3.05) is 51.3 Å². The van der Waals surface area contributed by atoms with Crippen molar-refractivity contribution in [3.8, 4) is 5.75 Å². The number of guanidine groups is 1. The van der Waals surface area contributed by atoms with Crippen LogP contribution in [0.15, 0.2) is 29.3 Å². The maximum atomic E-state index is 13.6. The monoisotopic (exact) mass is 514 g/mol. The molecule has 1 aliphatic heterocycles. The Bertz CT molecular complexity index is 704. The molecule has 0 saturated carbocycles. The third kappa shape index (κ3) is 8.60. The van der Waals surface area contributed by atoms with Crippen molar-refractivity contribution in [1.82, 2.24) is 15.5 Å². The fourth-order valence-corrected chi connectivity index (χ4v) is 3.84. The number of halogens is 2. The van der Waals surface area contributed by atoms with Gasteiger partial charge in [0.25, 0.3) is 0 Å². The van der Waals surface area contributed by atoms with E-state index in [9.17, 15) is 12.8 Å². The Balaban J connectivity index is 0.00000364. The molecular formula is C17H28FIN4O3S. The number of hydrogen-bond acceptors (Lipinski definition) is 5. The molecule has 1 heterocycles. The Morgan fingerprint density at radius 2 is 1.96 bits per heavy atom. The maximum Gasteiger partial charge on any atom is 0.191 e. The lowest BCUT2D eigenvalue weighted by Crippen LogP contribution is -2.47. The molecule has 1 unspecified atom stereocenters. The standard InChI is InChI=1S/C17H27FN4O3S.HI/c1-14(25-16-6-4-3-5-15(16)18)13-21-17(19-2)20-7-8-22-9-11-26(23,24)12-10-22;/h3-6,14H,7-13H2,1-2H3,(H2,19,20,21);1H. The van der Waals surface area contributed by atoms with E-state index in [0.717, 1.165) is 6.54 Å². The Labute approximate surface area is 177 Å². The van der Waals surface area contributed by atoms with Gasteiger partial charge in [-0.3, -0.25) is 9.89 Å². The molecule has 10 heteroatoms. The Morgan fingerprint density at radius 1 is 1.30 bits per heavy atom. The highest BCUT2D eigenvalue weighted by Gasteiger charge is 2.20. The molecule has 1 aliphatic rings. The van der Waals surface area contributed by atoms with Crippen molar-refractivity contribution >= 4 is 39.8 Å². The number of rotatable bonds is 7. The Kier molecular flexibility index (Phi) is 10.3. The summed E-state index contributed by atoms with van der Waals surface area (Å²) in [6, 6.07) is 6.30. The molecule has 154 valence electrons. The van der Waals surface area contributed by atoms with Gasteiger partial charge in [0.1, 0.15) is 6.10 Å². The molecule has 0 aliphatic carbocycles. The van der Waals surface area contributed by atoms with Gasteiger partial charge in [0, 0.05) is 33.2 Å². The second kappa shape index (κ2) is 11.6. The molecule has 1 atom stereocenters. The van der Waals surface area contributed by atoms with Crippen molar-refractivity contribution in [3.05, 3.63) is 30.1 Å². The van der Waals surface area contributed by atoms with Crippen molar-refractivity contribution in [2.45, 2.75) is 13.0 Å². The minimum atomic E-state index is -2.85. The number of hydrogen-bond donors (Lipinski definition) is 2. The summed E-state index contributed by atoms with van der Waals surface area (Å²) in [7, 11) is -1.18. The van der Waals surface area contributed by atoms with Crippen LogP contribution in [-0.2, 0) is 9.84 Å². The van der Waals surface area contributed by atoms with Gasteiger partial charge in [0.05, 0.1) is 18.1 Å². The van der Waals surface area contributed by atoms with Crippen LogP contribution in [0.1, 0.15) is 6.92 Å². The summed E-state index contributed by atoms with van der Waals surface area (Å²) in [5, 5.41) is 6.32. The molecular weight excluding hydrogens is 486 g/mol. The van der Waals surface area contributed by atoms with E-state index in [4.69, 9.17) is 4.74 Å². The van der Waals surface area contributed by atoms with Crippen LogP contribution in [-0.4, -0.2) is 76.7 Å². The lowest BCUT2D eigenvalue weighted by molar-refractivity contribution is 0.214. The van der Waals surface area contributed by atoms with Crippen LogP contribution in [0, 0.1) is 5.82 Å². The molecule has 1 saturated heterocycles. The molecule has 0 radical (unpaired) electrons. The zero-order valence-corrected chi connectivity index (χ0v) is 18.8. The summed E-state index contributed by atoms with van der Waals surface area (Å²) >= 11 is 0. The lowest BCUT2D eigenvalue weighted by Gasteiger charge is -2.26. The zero-order valence-electron chi connectivity index (χ0n) is 15.7. The van der Waals surface area contributed by atoms with E-state index >= 15 is 0 Å². The quantitative estimate of drug-likeness (QED) is 0.323. The number of nitrogens with one attached hydrogen (secondary N) is 2. The van der Waals surface area contributed by atoms with Gasteiger partial charge in [-0.05, 0) is 19.1 Å². The van der Waals surface area contributed by atoms with E-state index in [0.29, 0.717) is 32.1 Å². The van der Waals surface area contributed by atoms with Crippen LogP contribution >= 0.6 is 24.0 Å². The van der Waals surface area contributed by atoms with Crippen molar-refractivity contribution in [2.24, 2.45) is 4.99 Å². The van der Waals surface area contributed by atoms with E-state index in [2.05, 4.69) is 20.5 Å². The van der Waals surface area contributed by atoms with Gasteiger partial charge in [0.2, 0.25) is 0 Å². The van der Waals surface area contributed by atoms with E-state index in [1.165, 1.54) is 6.07 Å². The average Bonchev–Trinajstić information content (AvgIpc) is 2.61. The summed E-state index contributed by atoms with van der Waals surface area (Å²) in [5.74, 6) is 0.921. The second-order valence-electron chi connectivity index (χ2n) is 6.23.